The zero-order valence-corrected chi connectivity index (χ0v) is 16.5. The molecule has 0 radical (unpaired) electrons. The number of rotatable bonds is 5. The quantitative estimate of drug-likeness (QED) is 0.400. The van der Waals surface area contributed by atoms with Crippen LogP contribution >= 0.6 is 33.9 Å². The molecular formula is C18H13FINO4S. The summed E-state index contributed by atoms with van der Waals surface area (Å²) >= 11 is 3.08. The first-order valence-electron chi connectivity index (χ1n) is 7.60. The number of carbonyl (C=O) groups excluding carboxylic acids is 2. The van der Waals surface area contributed by atoms with Crippen molar-refractivity contribution in [1.82, 2.24) is 0 Å². The van der Waals surface area contributed by atoms with Gasteiger partial charge in [0.05, 0.1) is 18.4 Å². The molecule has 1 N–H and O–H groups in total. The van der Waals surface area contributed by atoms with Gasteiger partial charge in [0.2, 0.25) is 0 Å². The van der Waals surface area contributed by atoms with Gasteiger partial charge in [-0.3, -0.25) is 4.79 Å². The fourth-order valence-corrected chi connectivity index (χ4v) is 3.97. The number of thiophene rings is 1. The standard InChI is InChI=1S/C18H13FINO4S/c1-2-24-18(23)15-12(14-4-3-7-25-14)9-26-17(15)21-16(22)11-6-5-10(19)8-13(11)20/h3-9H,2H2,1H3,(H,21,22). The lowest BCUT2D eigenvalue weighted by molar-refractivity contribution is 0.0529. The van der Waals surface area contributed by atoms with E-state index in [0.29, 0.717) is 25.5 Å². The van der Waals surface area contributed by atoms with Crippen LogP contribution in [0.25, 0.3) is 11.3 Å². The second-order valence-corrected chi connectivity index (χ2v) is 7.17. The summed E-state index contributed by atoms with van der Waals surface area (Å²) in [7, 11) is 0. The van der Waals surface area contributed by atoms with Gasteiger partial charge in [0.25, 0.3) is 5.91 Å². The molecule has 134 valence electrons. The van der Waals surface area contributed by atoms with E-state index in [-0.39, 0.29) is 12.2 Å². The molecule has 0 fully saturated rings. The summed E-state index contributed by atoms with van der Waals surface area (Å²) in [6.45, 7) is 1.91. The second kappa shape index (κ2) is 8.00. The Morgan fingerprint density at radius 3 is 2.81 bits per heavy atom. The van der Waals surface area contributed by atoms with Gasteiger partial charge in [0.1, 0.15) is 22.1 Å². The maximum absolute atomic E-state index is 13.2. The minimum atomic E-state index is -0.552. The van der Waals surface area contributed by atoms with Crippen molar-refractivity contribution in [3.05, 3.63) is 62.5 Å². The van der Waals surface area contributed by atoms with E-state index in [1.54, 1.807) is 24.4 Å². The molecule has 1 amide bonds. The SMILES string of the molecule is CCOC(=O)c1c(-c2ccco2)csc1NC(=O)c1ccc(F)cc1I. The molecule has 0 aliphatic carbocycles. The van der Waals surface area contributed by atoms with E-state index in [1.807, 2.05) is 22.6 Å². The molecule has 26 heavy (non-hydrogen) atoms. The van der Waals surface area contributed by atoms with E-state index in [9.17, 15) is 14.0 Å². The largest absolute Gasteiger partial charge is 0.464 e. The first-order chi connectivity index (χ1) is 12.5. The molecule has 2 heterocycles. The van der Waals surface area contributed by atoms with E-state index < -0.39 is 17.7 Å². The first kappa shape index (κ1) is 18.6. The summed E-state index contributed by atoms with van der Waals surface area (Å²) in [5.74, 6) is -0.910. The summed E-state index contributed by atoms with van der Waals surface area (Å²) in [6.07, 6.45) is 1.50. The number of nitrogens with one attached hydrogen (secondary N) is 1. The van der Waals surface area contributed by atoms with Gasteiger partial charge in [-0.05, 0) is 59.8 Å². The van der Waals surface area contributed by atoms with Crippen molar-refractivity contribution in [3.63, 3.8) is 0 Å². The predicted molar refractivity (Wildman–Crippen MR) is 105 cm³/mol. The number of furan rings is 1. The molecule has 0 aliphatic rings. The summed E-state index contributed by atoms with van der Waals surface area (Å²) in [6, 6.07) is 7.31. The molecule has 0 aliphatic heterocycles. The zero-order chi connectivity index (χ0) is 18.7. The van der Waals surface area contributed by atoms with E-state index in [0.717, 1.165) is 0 Å². The number of ether oxygens (including phenoxy) is 1. The van der Waals surface area contributed by atoms with Crippen molar-refractivity contribution in [3.8, 4) is 11.3 Å². The van der Waals surface area contributed by atoms with Gasteiger partial charge in [0, 0.05) is 14.5 Å². The summed E-state index contributed by atoms with van der Waals surface area (Å²) in [5.41, 5.74) is 1.09. The zero-order valence-electron chi connectivity index (χ0n) is 13.5. The monoisotopic (exact) mass is 485 g/mol. The minimum Gasteiger partial charge on any atom is -0.464 e. The normalized spacial score (nSPS) is 10.6. The molecule has 0 spiro atoms. The third-order valence-electron chi connectivity index (χ3n) is 3.46. The Hall–Kier alpha value is -2.20. The molecule has 2 aromatic heterocycles. The smallest absolute Gasteiger partial charge is 0.341 e. The number of hydrogen-bond acceptors (Lipinski definition) is 5. The van der Waals surface area contributed by atoms with Gasteiger partial charge in [-0.15, -0.1) is 11.3 Å². The van der Waals surface area contributed by atoms with Crippen molar-refractivity contribution in [2.24, 2.45) is 0 Å². The number of halogens is 2. The lowest BCUT2D eigenvalue weighted by atomic mass is 10.1. The van der Waals surface area contributed by atoms with Crippen molar-refractivity contribution in [2.45, 2.75) is 6.92 Å². The number of benzene rings is 1. The lowest BCUT2D eigenvalue weighted by Gasteiger charge is -2.09. The van der Waals surface area contributed by atoms with Crippen molar-refractivity contribution in [2.75, 3.05) is 11.9 Å². The molecule has 0 saturated carbocycles. The Bertz CT molecular complexity index is 952. The fraction of sp³-hybridized carbons (Fsp3) is 0.111. The van der Waals surface area contributed by atoms with Crippen molar-refractivity contribution >= 4 is 50.8 Å². The van der Waals surface area contributed by atoms with Crippen LogP contribution in [0.2, 0.25) is 0 Å². The van der Waals surface area contributed by atoms with Crippen LogP contribution < -0.4 is 5.32 Å². The van der Waals surface area contributed by atoms with E-state index in [2.05, 4.69) is 5.32 Å². The number of carbonyl (C=O) groups is 2. The van der Waals surface area contributed by atoms with E-state index >= 15 is 0 Å². The first-order valence-corrected chi connectivity index (χ1v) is 9.56. The Balaban J connectivity index is 1.97. The van der Waals surface area contributed by atoms with Crippen molar-refractivity contribution in [1.29, 1.82) is 0 Å². The fourth-order valence-electron chi connectivity index (χ4n) is 2.31. The lowest BCUT2D eigenvalue weighted by Crippen LogP contribution is -2.16. The second-order valence-electron chi connectivity index (χ2n) is 5.13. The number of amides is 1. The average molecular weight is 485 g/mol. The minimum absolute atomic E-state index is 0.204. The van der Waals surface area contributed by atoms with Crippen LogP contribution in [-0.2, 0) is 4.74 Å². The molecule has 0 atom stereocenters. The van der Waals surface area contributed by atoms with Crippen molar-refractivity contribution < 1.29 is 23.1 Å². The number of esters is 1. The molecule has 1 aromatic carbocycles. The highest BCUT2D eigenvalue weighted by Gasteiger charge is 2.24. The summed E-state index contributed by atoms with van der Waals surface area (Å²) in [5, 5.41) is 4.78. The van der Waals surface area contributed by atoms with Crippen LogP contribution in [0.4, 0.5) is 9.39 Å². The van der Waals surface area contributed by atoms with Crippen LogP contribution in [-0.4, -0.2) is 18.5 Å². The summed E-state index contributed by atoms with van der Waals surface area (Å²) in [4.78, 5) is 25.0. The van der Waals surface area contributed by atoms with Crippen LogP contribution in [0.3, 0.4) is 0 Å². The molecule has 3 rings (SSSR count). The van der Waals surface area contributed by atoms with E-state index in [4.69, 9.17) is 9.15 Å². The van der Waals surface area contributed by atoms with Gasteiger partial charge in [-0.2, -0.15) is 0 Å². The van der Waals surface area contributed by atoms with Gasteiger partial charge in [-0.25, -0.2) is 9.18 Å². The molecule has 3 aromatic rings. The Labute approximate surface area is 166 Å². The third kappa shape index (κ3) is 3.80. The Morgan fingerprint density at radius 2 is 2.15 bits per heavy atom. The van der Waals surface area contributed by atoms with Gasteiger partial charge in [0.15, 0.2) is 0 Å². The van der Waals surface area contributed by atoms with Gasteiger partial charge >= 0.3 is 5.97 Å². The molecular weight excluding hydrogens is 472 g/mol. The molecule has 0 bridgehead atoms. The van der Waals surface area contributed by atoms with Crippen LogP contribution in [0.15, 0.2) is 46.4 Å². The number of hydrogen-bond donors (Lipinski definition) is 1. The highest BCUT2D eigenvalue weighted by Crippen LogP contribution is 2.36. The van der Waals surface area contributed by atoms with Crippen LogP contribution in [0.5, 0.6) is 0 Å². The molecule has 5 nitrogen and oxygen atoms in total. The summed E-state index contributed by atoms with van der Waals surface area (Å²) < 4.78 is 24.2. The average Bonchev–Trinajstić information content (AvgIpc) is 3.24. The molecule has 0 saturated heterocycles. The predicted octanol–water partition coefficient (Wildman–Crippen LogP) is 5.18. The number of anilines is 1. The van der Waals surface area contributed by atoms with Gasteiger partial charge in [-0.1, -0.05) is 0 Å². The van der Waals surface area contributed by atoms with Crippen LogP contribution in [0.1, 0.15) is 27.6 Å². The Morgan fingerprint density at radius 1 is 1.35 bits per heavy atom. The molecule has 8 heteroatoms. The van der Waals surface area contributed by atoms with Gasteiger partial charge < -0.3 is 14.5 Å². The third-order valence-corrected chi connectivity index (χ3v) is 5.25. The Kier molecular flexibility index (Phi) is 5.72. The molecule has 0 unspecified atom stereocenters. The maximum atomic E-state index is 13.2. The highest BCUT2D eigenvalue weighted by molar-refractivity contribution is 14.1. The van der Waals surface area contributed by atoms with Crippen LogP contribution in [0, 0.1) is 9.39 Å². The highest BCUT2D eigenvalue weighted by atomic mass is 127. The maximum Gasteiger partial charge on any atom is 0.341 e. The van der Waals surface area contributed by atoms with E-state index in [1.165, 1.54) is 35.8 Å². The topological polar surface area (TPSA) is 68.5 Å².